The predicted molar refractivity (Wildman–Crippen MR) is 65.1 cm³/mol. The number of benzene rings is 1. The molecule has 1 heterocycles. The highest BCUT2D eigenvalue weighted by Crippen LogP contribution is 2.19. The molecule has 82 valence electrons. The summed E-state index contributed by atoms with van der Waals surface area (Å²) in [5, 5.41) is 3.32. The summed E-state index contributed by atoms with van der Waals surface area (Å²) in [5.74, 6) is 0.679. The summed E-state index contributed by atoms with van der Waals surface area (Å²) in [4.78, 5) is 8.34. The molecule has 0 fully saturated rings. The molecule has 1 atom stereocenters. The quantitative estimate of drug-likeness (QED) is 0.848. The van der Waals surface area contributed by atoms with Crippen molar-refractivity contribution < 1.29 is 0 Å². The second kappa shape index (κ2) is 5.26. The lowest BCUT2D eigenvalue weighted by atomic mass is 10.1. The summed E-state index contributed by atoms with van der Waals surface area (Å²) in [6, 6.07) is 12.4. The van der Waals surface area contributed by atoms with Gasteiger partial charge in [-0.3, -0.25) is 0 Å². The standard InChI is InChI=1S/C13H15N3/c1-2-12(11-7-4-3-5-8-11)16-13-14-9-6-10-15-13/h3-10,12H,2H2,1H3,(H,14,15,16). The van der Waals surface area contributed by atoms with Crippen molar-refractivity contribution in [3.8, 4) is 0 Å². The Morgan fingerprint density at radius 2 is 1.75 bits per heavy atom. The third kappa shape index (κ3) is 2.57. The molecule has 0 amide bonds. The number of anilines is 1. The van der Waals surface area contributed by atoms with Crippen molar-refractivity contribution in [2.75, 3.05) is 5.32 Å². The topological polar surface area (TPSA) is 37.8 Å². The van der Waals surface area contributed by atoms with E-state index in [9.17, 15) is 0 Å². The second-order valence-corrected chi connectivity index (χ2v) is 3.59. The van der Waals surface area contributed by atoms with Gasteiger partial charge in [-0.15, -0.1) is 0 Å². The van der Waals surface area contributed by atoms with Crippen molar-refractivity contribution in [2.45, 2.75) is 19.4 Å². The summed E-state index contributed by atoms with van der Waals surface area (Å²) in [5.41, 5.74) is 1.26. The Kier molecular flexibility index (Phi) is 3.49. The highest BCUT2D eigenvalue weighted by atomic mass is 15.1. The smallest absolute Gasteiger partial charge is 0.223 e. The van der Waals surface area contributed by atoms with Crippen LogP contribution in [0.5, 0.6) is 0 Å². The van der Waals surface area contributed by atoms with Crippen molar-refractivity contribution in [3.05, 3.63) is 54.4 Å². The Balaban J connectivity index is 2.13. The highest BCUT2D eigenvalue weighted by Gasteiger charge is 2.08. The zero-order chi connectivity index (χ0) is 11.2. The van der Waals surface area contributed by atoms with Gasteiger partial charge < -0.3 is 5.32 Å². The van der Waals surface area contributed by atoms with Crippen LogP contribution in [0.25, 0.3) is 0 Å². The SMILES string of the molecule is CCC(Nc1ncccn1)c1ccccc1. The molecule has 2 rings (SSSR count). The lowest BCUT2D eigenvalue weighted by molar-refractivity contribution is 0.738. The highest BCUT2D eigenvalue weighted by molar-refractivity contribution is 5.31. The summed E-state index contributed by atoms with van der Waals surface area (Å²) >= 11 is 0. The van der Waals surface area contributed by atoms with E-state index in [0.717, 1.165) is 6.42 Å². The minimum Gasteiger partial charge on any atom is -0.347 e. The van der Waals surface area contributed by atoms with Crippen LogP contribution in [0, 0.1) is 0 Å². The molecule has 0 aliphatic rings. The van der Waals surface area contributed by atoms with Crippen molar-refractivity contribution in [1.82, 2.24) is 9.97 Å². The average molecular weight is 213 g/mol. The van der Waals surface area contributed by atoms with Crippen LogP contribution in [0.1, 0.15) is 24.9 Å². The van der Waals surface area contributed by atoms with E-state index in [4.69, 9.17) is 0 Å². The van der Waals surface area contributed by atoms with Gasteiger partial charge in [0.05, 0.1) is 6.04 Å². The minimum atomic E-state index is 0.267. The first-order valence-corrected chi connectivity index (χ1v) is 5.48. The molecule has 0 spiro atoms. The van der Waals surface area contributed by atoms with E-state index in [0.29, 0.717) is 5.95 Å². The molecule has 0 aliphatic heterocycles. The van der Waals surface area contributed by atoms with Crippen molar-refractivity contribution in [3.63, 3.8) is 0 Å². The van der Waals surface area contributed by atoms with E-state index in [1.807, 2.05) is 24.3 Å². The van der Waals surface area contributed by atoms with Gasteiger partial charge in [0.1, 0.15) is 0 Å². The maximum absolute atomic E-state index is 4.17. The molecule has 0 saturated carbocycles. The third-order valence-electron chi connectivity index (χ3n) is 2.48. The van der Waals surface area contributed by atoms with Crippen molar-refractivity contribution in [2.24, 2.45) is 0 Å². The number of aromatic nitrogens is 2. The monoisotopic (exact) mass is 213 g/mol. The first-order valence-electron chi connectivity index (χ1n) is 5.48. The van der Waals surface area contributed by atoms with Gasteiger partial charge in [-0.2, -0.15) is 0 Å². The molecular formula is C13H15N3. The van der Waals surface area contributed by atoms with Gasteiger partial charge in [-0.05, 0) is 18.1 Å². The van der Waals surface area contributed by atoms with E-state index < -0.39 is 0 Å². The van der Waals surface area contributed by atoms with Gasteiger partial charge >= 0.3 is 0 Å². The molecule has 0 saturated heterocycles. The normalized spacial score (nSPS) is 12.1. The summed E-state index contributed by atoms with van der Waals surface area (Å²) in [6.07, 6.45) is 4.49. The van der Waals surface area contributed by atoms with Gasteiger partial charge in [-0.25, -0.2) is 9.97 Å². The first kappa shape index (κ1) is 10.6. The fourth-order valence-electron chi connectivity index (χ4n) is 1.64. The largest absolute Gasteiger partial charge is 0.347 e. The van der Waals surface area contributed by atoms with Gasteiger partial charge in [0.15, 0.2) is 0 Å². The Morgan fingerprint density at radius 1 is 1.06 bits per heavy atom. The van der Waals surface area contributed by atoms with Crippen molar-refractivity contribution in [1.29, 1.82) is 0 Å². The number of nitrogens with one attached hydrogen (secondary N) is 1. The number of rotatable bonds is 4. The molecule has 0 bridgehead atoms. The van der Waals surface area contributed by atoms with E-state index in [-0.39, 0.29) is 6.04 Å². The van der Waals surface area contributed by atoms with Gasteiger partial charge in [0.2, 0.25) is 5.95 Å². The van der Waals surface area contributed by atoms with Crippen LogP contribution in [-0.2, 0) is 0 Å². The number of hydrogen-bond donors (Lipinski definition) is 1. The van der Waals surface area contributed by atoms with Gasteiger partial charge in [-0.1, -0.05) is 37.3 Å². The fraction of sp³-hybridized carbons (Fsp3) is 0.231. The molecule has 1 aromatic heterocycles. The molecule has 1 unspecified atom stereocenters. The van der Waals surface area contributed by atoms with E-state index in [2.05, 4.69) is 34.3 Å². The summed E-state index contributed by atoms with van der Waals surface area (Å²) < 4.78 is 0. The van der Waals surface area contributed by atoms with Crippen LogP contribution in [0.4, 0.5) is 5.95 Å². The molecule has 2 aromatic rings. The zero-order valence-corrected chi connectivity index (χ0v) is 9.30. The van der Waals surface area contributed by atoms with Gasteiger partial charge in [0.25, 0.3) is 0 Å². The number of nitrogens with zero attached hydrogens (tertiary/aromatic N) is 2. The summed E-state index contributed by atoms with van der Waals surface area (Å²) in [6.45, 7) is 2.15. The maximum atomic E-state index is 4.17. The van der Waals surface area contributed by atoms with Crippen molar-refractivity contribution >= 4 is 5.95 Å². The van der Waals surface area contributed by atoms with E-state index in [1.54, 1.807) is 12.4 Å². The first-order chi connectivity index (χ1) is 7.90. The number of hydrogen-bond acceptors (Lipinski definition) is 3. The second-order valence-electron chi connectivity index (χ2n) is 3.59. The molecule has 16 heavy (non-hydrogen) atoms. The third-order valence-corrected chi connectivity index (χ3v) is 2.48. The maximum Gasteiger partial charge on any atom is 0.223 e. The Labute approximate surface area is 95.6 Å². The van der Waals surface area contributed by atoms with Crippen LogP contribution in [0.2, 0.25) is 0 Å². The average Bonchev–Trinajstić information content (AvgIpc) is 2.38. The molecular weight excluding hydrogens is 198 g/mol. The predicted octanol–water partition coefficient (Wildman–Crippen LogP) is 3.04. The summed E-state index contributed by atoms with van der Waals surface area (Å²) in [7, 11) is 0. The Bertz CT molecular complexity index is 414. The molecule has 1 N–H and O–H groups in total. The van der Waals surface area contributed by atoms with Gasteiger partial charge in [0, 0.05) is 12.4 Å². The van der Waals surface area contributed by atoms with E-state index >= 15 is 0 Å². The van der Waals surface area contributed by atoms with Crippen LogP contribution in [-0.4, -0.2) is 9.97 Å². The van der Waals surface area contributed by atoms with Crippen LogP contribution >= 0.6 is 0 Å². The lowest BCUT2D eigenvalue weighted by Crippen LogP contribution is -2.11. The minimum absolute atomic E-state index is 0.267. The van der Waals surface area contributed by atoms with E-state index in [1.165, 1.54) is 5.56 Å². The zero-order valence-electron chi connectivity index (χ0n) is 9.30. The molecule has 3 nitrogen and oxygen atoms in total. The Morgan fingerprint density at radius 3 is 2.38 bits per heavy atom. The van der Waals surface area contributed by atoms with Crippen LogP contribution in [0.3, 0.4) is 0 Å². The molecule has 1 aromatic carbocycles. The lowest BCUT2D eigenvalue weighted by Gasteiger charge is -2.16. The molecule has 0 aliphatic carbocycles. The molecule has 3 heteroatoms. The van der Waals surface area contributed by atoms with Crippen LogP contribution < -0.4 is 5.32 Å². The van der Waals surface area contributed by atoms with Crippen LogP contribution in [0.15, 0.2) is 48.8 Å². The Hall–Kier alpha value is -1.90. The molecule has 0 radical (unpaired) electrons. The fourth-order valence-corrected chi connectivity index (χ4v) is 1.64.